The SMILES string of the molecule is Cc1noc(C)c1S(=O)(=O)N[C@@H](C)C(=O)N1CCCN(S(=O)(=O)c2ccc(F)cc2)CC1. The van der Waals surface area contributed by atoms with Gasteiger partial charge in [-0.25, -0.2) is 21.2 Å². The molecule has 1 saturated heterocycles. The summed E-state index contributed by atoms with van der Waals surface area (Å²) in [6.45, 7) is 4.96. The van der Waals surface area contributed by atoms with Gasteiger partial charge in [-0.3, -0.25) is 4.79 Å². The van der Waals surface area contributed by atoms with Crippen LogP contribution in [0, 0.1) is 19.7 Å². The zero-order valence-corrected chi connectivity index (χ0v) is 19.5. The van der Waals surface area contributed by atoms with Crippen molar-refractivity contribution in [3.05, 3.63) is 41.5 Å². The molecule has 1 aromatic heterocycles. The van der Waals surface area contributed by atoms with Crippen LogP contribution in [0.4, 0.5) is 4.39 Å². The predicted octanol–water partition coefficient (Wildman–Crippen LogP) is 1.02. The van der Waals surface area contributed by atoms with Crippen LogP contribution in [0.15, 0.2) is 38.6 Å². The van der Waals surface area contributed by atoms with Gasteiger partial charge in [-0.05, 0) is 51.5 Å². The zero-order chi connectivity index (χ0) is 23.7. The second-order valence-corrected chi connectivity index (χ2v) is 11.1. The fourth-order valence-corrected chi connectivity index (χ4v) is 6.58. The van der Waals surface area contributed by atoms with Gasteiger partial charge in [0, 0.05) is 26.2 Å². The molecular weight excluding hydrogens is 463 g/mol. The number of benzene rings is 1. The molecule has 1 aliphatic heterocycles. The summed E-state index contributed by atoms with van der Waals surface area (Å²) < 4.78 is 72.6. The fraction of sp³-hybridized carbons (Fsp3) is 0.474. The van der Waals surface area contributed by atoms with E-state index < -0.39 is 37.8 Å². The number of amides is 1. The number of rotatable bonds is 6. The topological polar surface area (TPSA) is 130 Å². The Balaban J connectivity index is 1.68. The summed E-state index contributed by atoms with van der Waals surface area (Å²) in [5.74, 6) is -0.892. The van der Waals surface area contributed by atoms with Crippen LogP contribution in [0.25, 0.3) is 0 Å². The molecule has 10 nitrogen and oxygen atoms in total. The molecule has 1 atom stereocenters. The van der Waals surface area contributed by atoms with E-state index in [1.54, 1.807) is 0 Å². The maximum atomic E-state index is 13.1. The number of aryl methyl sites for hydroxylation is 2. The van der Waals surface area contributed by atoms with Crippen LogP contribution in [-0.2, 0) is 24.8 Å². The van der Waals surface area contributed by atoms with Crippen molar-refractivity contribution in [3.8, 4) is 0 Å². The molecule has 176 valence electrons. The van der Waals surface area contributed by atoms with Crippen LogP contribution in [0.1, 0.15) is 24.8 Å². The van der Waals surface area contributed by atoms with Gasteiger partial charge in [-0.1, -0.05) is 5.16 Å². The third-order valence-corrected chi connectivity index (χ3v) is 8.85. The second-order valence-electron chi connectivity index (χ2n) is 7.53. The number of halogens is 1. The molecule has 0 unspecified atom stereocenters. The molecule has 1 aromatic carbocycles. The minimum absolute atomic E-state index is 0.0285. The van der Waals surface area contributed by atoms with Crippen molar-refractivity contribution in [2.45, 2.75) is 43.0 Å². The molecule has 0 saturated carbocycles. The van der Waals surface area contributed by atoms with Crippen LogP contribution in [0.5, 0.6) is 0 Å². The normalized spacial score (nSPS) is 17.2. The van der Waals surface area contributed by atoms with Crippen molar-refractivity contribution in [3.63, 3.8) is 0 Å². The maximum absolute atomic E-state index is 13.1. The number of hydrogen-bond acceptors (Lipinski definition) is 7. The number of nitrogens with one attached hydrogen (secondary N) is 1. The lowest BCUT2D eigenvalue weighted by Gasteiger charge is -2.25. The van der Waals surface area contributed by atoms with Gasteiger partial charge in [0.2, 0.25) is 26.0 Å². The summed E-state index contributed by atoms with van der Waals surface area (Å²) in [7, 11) is -7.87. The molecule has 0 bridgehead atoms. The molecule has 32 heavy (non-hydrogen) atoms. The molecule has 0 spiro atoms. The van der Waals surface area contributed by atoms with E-state index in [1.807, 2.05) is 0 Å². The Labute approximate surface area is 186 Å². The summed E-state index contributed by atoms with van der Waals surface area (Å²) in [6.07, 6.45) is 0.371. The Morgan fingerprint density at radius 1 is 1.09 bits per heavy atom. The molecule has 13 heteroatoms. The Morgan fingerprint density at radius 3 is 2.34 bits per heavy atom. The molecule has 1 fully saturated rings. The average Bonchev–Trinajstić information content (AvgIpc) is 2.92. The van der Waals surface area contributed by atoms with Gasteiger partial charge in [0.25, 0.3) is 0 Å². The number of sulfonamides is 2. The van der Waals surface area contributed by atoms with Gasteiger partial charge >= 0.3 is 0 Å². The van der Waals surface area contributed by atoms with E-state index in [-0.39, 0.29) is 47.4 Å². The van der Waals surface area contributed by atoms with E-state index in [4.69, 9.17) is 4.52 Å². The quantitative estimate of drug-likeness (QED) is 0.642. The summed E-state index contributed by atoms with van der Waals surface area (Å²) in [5, 5.41) is 3.63. The summed E-state index contributed by atoms with van der Waals surface area (Å²) >= 11 is 0. The van der Waals surface area contributed by atoms with Gasteiger partial charge in [0.1, 0.15) is 16.4 Å². The molecule has 1 N–H and O–H groups in total. The second kappa shape index (κ2) is 9.25. The Bertz CT molecular complexity index is 1180. The Morgan fingerprint density at radius 2 is 1.75 bits per heavy atom. The monoisotopic (exact) mass is 488 g/mol. The van der Waals surface area contributed by atoms with Crippen molar-refractivity contribution in [1.82, 2.24) is 19.1 Å². The highest BCUT2D eigenvalue weighted by atomic mass is 32.2. The van der Waals surface area contributed by atoms with Crippen molar-refractivity contribution in [2.24, 2.45) is 0 Å². The summed E-state index contributed by atoms with van der Waals surface area (Å²) in [4.78, 5) is 14.2. The molecule has 0 radical (unpaired) electrons. The lowest BCUT2D eigenvalue weighted by atomic mass is 10.3. The Kier molecular flexibility index (Phi) is 7.03. The largest absolute Gasteiger partial charge is 0.360 e. The van der Waals surface area contributed by atoms with Gasteiger partial charge in [0.15, 0.2) is 5.76 Å². The fourth-order valence-electron chi connectivity index (χ4n) is 3.58. The zero-order valence-electron chi connectivity index (χ0n) is 17.9. The van der Waals surface area contributed by atoms with E-state index in [2.05, 4.69) is 9.88 Å². The number of carbonyl (C=O) groups is 1. The number of hydrogen-bond donors (Lipinski definition) is 1. The van der Waals surface area contributed by atoms with Crippen LogP contribution in [0.3, 0.4) is 0 Å². The van der Waals surface area contributed by atoms with Gasteiger partial charge in [0.05, 0.1) is 10.9 Å². The maximum Gasteiger partial charge on any atom is 0.246 e. The Hall–Kier alpha value is -2.35. The lowest BCUT2D eigenvalue weighted by molar-refractivity contribution is -0.132. The van der Waals surface area contributed by atoms with Crippen LogP contribution >= 0.6 is 0 Å². The summed E-state index contributed by atoms with van der Waals surface area (Å²) in [6, 6.07) is 3.48. The van der Waals surface area contributed by atoms with E-state index in [9.17, 15) is 26.0 Å². The first-order chi connectivity index (χ1) is 14.9. The third-order valence-electron chi connectivity index (χ3n) is 5.16. The highest BCUT2D eigenvalue weighted by Crippen LogP contribution is 2.20. The molecule has 0 aliphatic carbocycles. The van der Waals surface area contributed by atoms with E-state index in [1.165, 1.54) is 42.1 Å². The predicted molar refractivity (Wildman–Crippen MR) is 112 cm³/mol. The van der Waals surface area contributed by atoms with Crippen LogP contribution in [0.2, 0.25) is 0 Å². The minimum Gasteiger partial charge on any atom is -0.360 e. The minimum atomic E-state index is -4.03. The van der Waals surface area contributed by atoms with E-state index >= 15 is 0 Å². The highest BCUT2D eigenvalue weighted by molar-refractivity contribution is 7.89. The van der Waals surface area contributed by atoms with Gasteiger partial charge < -0.3 is 9.42 Å². The van der Waals surface area contributed by atoms with Crippen molar-refractivity contribution < 1.29 is 30.5 Å². The first-order valence-corrected chi connectivity index (χ1v) is 12.9. The van der Waals surface area contributed by atoms with Crippen LogP contribution in [-0.4, -0.2) is 69.3 Å². The van der Waals surface area contributed by atoms with E-state index in [0.29, 0.717) is 6.42 Å². The number of aromatic nitrogens is 1. The number of nitrogens with zero attached hydrogens (tertiary/aromatic N) is 3. The first kappa shape index (κ1) is 24.3. The van der Waals surface area contributed by atoms with E-state index in [0.717, 1.165) is 12.1 Å². The van der Waals surface area contributed by atoms with Gasteiger partial charge in [-0.2, -0.15) is 9.03 Å². The first-order valence-electron chi connectivity index (χ1n) is 9.93. The standard InChI is InChI=1S/C19H25FN4O6S2/c1-13-18(15(3)30-21-13)31(26,27)22-14(2)19(25)23-9-4-10-24(12-11-23)32(28,29)17-7-5-16(20)6-8-17/h5-8,14,22H,4,9-12H2,1-3H3/t14-/m0/s1. The molecule has 2 heterocycles. The van der Waals surface area contributed by atoms with Crippen molar-refractivity contribution in [1.29, 1.82) is 0 Å². The molecule has 2 aromatic rings. The van der Waals surface area contributed by atoms with Crippen molar-refractivity contribution >= 4 is 26.0 Å². The molecule has 3 rings (SSSR count). The average molecular weight is 489 g/mol. The smallest absolute Gasteiger partial charge is 0.246 e. The molecule has 1 aliphatic rings. The lowest BCUT2D eigenvalue weighted by Crippen LogP contribution is -2.48. The van der Waals surface area contributed by atoms with Crippen LogP contribution < -0.4 is 4.72 Å². The summed E-state index contributed by atoms with van der Waals surface area (Å²) in [5.41, 5.74) is 0.186. The van der Waals surface area contributed by atoms with Crippen molar-refractivity contribution in [2.75, 3.05) is 26.2 Å². The third kappa shape index (κ3) is 5.00. The van der Waals surface area contributed by atoms with Gasteiger partial charge in [-0.15, -0.1) is 0 Å². The molecular formula is C19H25FN4O6S2. The highest BCUT2D eigenvalue weighted by Gasteiger charge is 2.32. The molecule has 1 amide bonds. The number of carbonyl (C=O) groups excluding carboxylic acids is 1.